The largest absolute Gasteiger partial charge is 0.357 e. The van der Waals surface area contributed by atoms with Crippen molar-refractivity contribution in [2.45, 2.75) is 62.6 Å². The second-order valence-corrected chi connectivity index (χ2v) is 12.6. The molecule has 6 rings (SSSR count). The van der Waals surface area contributed by atoms with Gasteiger partial charge >= 0.3 is 0 Å². The Bertz CT molecular complexity index is 1540. The summed E-state index contributed by atoms with van der Waals surface area (Å²) >= 11 is 0. The molecule has 0 fully saturated rings. The SMILES string of the molecule is CCCC(OC(CCC)(c1ccccc1)C(c1ccccc1)c1ccccc1)(c1ccccc1)C(c1ccccc1)c1ccccc1. The fourth-order valence-corrected chi connectivity index (χ4v) is 7.80. The molecule has 0 aliphatic heterocycles. The summed E-state index contributed by atoms with van der Waals surface area (Å²) in [5.74, 6) is -0.112. The topological polar surface area (TPSA) is 9.23 Å². The van der Waals surface area contributed by atoms with E-state index in [0.29, 0.717) is 0 Å². The Morgan fingerprint density at radius 2 is 0.596 bits per heavy atom. The molecule has 2 unspecified atom stereocenters. The average Bonchev–Trinajstić information content (AvgIpc) is 3.14. The molecule has 1 nitrogen and oxygen atoms in total. The predicted molar refractivity (Wildman–Crippen MR) is 197 cm³/mol. The first-order valence-corrected chi connectivity index (χ1v) is 17.2. The maximum Gasteiger partial charge on any atom is 0.105 e. The minimum absolute atomic E-state index is 0.0561. The van der Waals surface area contributed by atoms with Gasteiger partial charge in [0.2, 0.25) is 0 Å². The van der Waals surface area contributed by atoms with Crippen LogP contribution in [0.1, 0.15) is 84.7 Å². The first kappa shape index (κ1) is 32.2. The normalized spacial score (nSPS) is 14.0. The molecule has 0 saturated heterocycles. The van der Waals surface area contributed by atoms with Crippen molar-refractivity contribution in [3.63, 3.8) is 0 Å². The summed E-state index contributed by atoms with van der Waals surface area (Å²) in [7, 11) is 0. The van der Waals surface area contributed by atoms with Crippen molar-refractivity contribution in [3.05, 3.63) is 215 Å². The van der Waals surface area contributed by atoms with Crippen LogP contribution in [0.25, 0.3) is 0 Å². The van der Waals surface area contributed by atoms with Crippen LogP contribution in [0.3, 0.4) is 0 Å². The van der Waals surface area contributed by atoms with Gasteiger partial charge in [0.25, 0.3) is 0 Å². The van der Waals surface area contributed by atoms with Crippen LogP contribution in [0.2, 0.25) is 0 Å². The van der Waals surface area contributed by atoms with E-state index in [0.717, 1.165) is 25.7 Å². The molecular weight excluding hydrogens is 569 g/mol. The monoisotopic (exact) mass is 614 g/mol. The summed E-state index contributed by atoms with van der Waals surface area (Å²) in [6, 6.07) is 66.1. The lowest BCUT2D eigenvalue weighted by molar-refractivity contribution is -0.192. The molecule has 0 aliphatic rings. The van der Waals surface area contributed by atoms with E-state index in [2.05, 4.69) is 196 Å². The lowest BCUT2D eigenvalue weighted by Crippen LogP contribution is -2.48. The van der Waals surface area contributed by atoms with Gasteiger partial charge in [-0.2, -0.15) is 0 Å². The molecule has 47 heavy (non-hydrogen) atoms. The Kier molecular flexibility index (Phi) is 10.5. The van der Waals surface area contributed by atoms with Crippen LogP contribution < -0.4 is 0 Å². The van der Waals surface area contributed by atoms with E-state index in [1.165, 1.54) is 33.4 Å². The van der Waals surface area contributed by atoms with Gasteiger partial charge in [0.05, 0.1) is 0 Å². The molecule has 0 N–H and O–H groups in total. The third-order valence-electron chi connectivity index (χ3n) is 9.60. The summed E-state index contributed by atoms with van der Waals surface area (Å²) in [4.78, 5) is 0. The lowest BCUT2D eigenvalue weighted by Gasteiger charge is -2.52. The van der Waals surface area contributed by atoms with E-state index in [1.807, 2.05) is 0 Å². The van der Waals surface area contributed by atoms with Crippen molar-refractivity contribution >= 4 is 0 Å². The van der Waals surface area contributed by atoms with Gasteiger partial charge in [-0.1, -0.05) is 209 Å². The Hall–Kier alpha value is -4.72. The Morgan fingerprint density at radius 3 is 0.830 bits per heavy atom. The molecule has 2 atom stereocenters. The number of hydrogen-bond acceptors (Lipinski definition) is 1. The van der Waals surface area contributed by atoms with Crippen LogP contribution in [0.5, 0.6) is 0 Å². The smallest absolute Gasteiger partial charge is 0.105 e. The van der Waals surface area contributed by atoms with Gasteiger partial charge in [-0.15, -0.1) is 0 Å². The van der Waals surface area contributed by atoms with E-state index in [1.54, 1.807) is 0 Å². The lowest BCUT2D eigenvalue weighted by atomic mass is 9.67. The summed E-state index contributed by atoms with van der Waals surface area (Å²) in [6.45, 7) is 4.59. The number of ether oxygens (including phenoxy) is 1. The second-order valence-electron chi connectivity index (χ2n) is 12.6. The molecule has 0 bridgehead atoms. The van der Waals surface area contributed by atoms with Gasteiger partial charge < -0.3 is 4.74 Å². The van der Waals surface area contributed by atoms with Crippen molar-refractivity contribution in [2.75, 3.05) is 0 Å². The Morgan fingerprint density at radius 1 is 0.362 bits per heavy atom. The molecule has 1 heteroatoms. The zero-order valence-corrected chi connectivity index (χ0v) is 27.7. The molecule has 6 aromatic rings. The maximum atomic E-state index is 8.42. The molecule has 0 aromatic heterocycles. The zero-order valence-electron chi connectivity index (χ0n) is 27.7. The highest BCUT2D eigenvalue weighted by Gasteiger charge is 2.52. The van der Waals surface area contributed by atoms with Gasteiger partial charge in [0.15, 0.2) is 0 Å². The first-order chi connectivity index (χ1) is 23.2. The quantitative estimate of drug-likeness (QED) is 0.119. The van der Waals surface area contributed by atoms with Crippen LogP contribution in [0, 0.1) is 0 Å². The highest BCUT2D eigenvalue weighted by atomic mass is 16.5. The standard InChI is InChI=1S/C46H46O/c1-3-35-45(41-31-19-9-20-32-41,43(37-23-11-5-12-24-37)38-25-13-6-14-26-38)47-46(36-4-2,42-33-21-10-22-34-42)44(39-27-15-7-16-28-39)40-29-17-8-18-30-40/h5-34,43-44H,3-4,35-36H2,1-2H3. The van der Waals surface area contributed by atoms with Gasteiger partial charge in [0.1, 0.15) is 11.2 Å². The van der Waals surface area contributed by atoms with Gasteiger partial charge in [-0.25, -0.2) is 0 Å². The number of hydrogen-bond donors (Lipinski definition) is 0. The van der Waals surface area contributed by atoms with Crippen LogP contribution in [0.4, 0.5) is 0 Å². The molecule has 6 aromatic carbocycles. The molecule has 0 heterocycles. The van der Waals surface area contributed by atoms with Gasteiger partial charge in [-0.05, 0) is 46.2 Å². The summed E-state index contributed by atoms with van der Waals surface area (Å²) < 4.78 is 8.42. The molecule has 0 radical (unpaired) electrons. The van der Waals surface area contributed by atoms with Crippen LogP contribution >= 0.6 is 0 Å². The summed E-state index contributed by atoms with van der Waals surface area (Å²) in [5.41, 5.74) is 6.02. The minimum atomic E-state index is -0.703. The minimum Gasteiger partial charge on any atom is -0.357 e. The predicted octanol–water partition coefficient (Wildman–Crippen LogP) is 12.1. The van der Waals surface area contributed by atoms with Crippen molar-refractivity contribution in [1.82, 2.24) is 0 Å². The molecule has 0 saturated carbocycles. The van der Waals surface area contributed by atoms with Crippen LogP contribution in [0.15, 0.2) is 182 Å². The summed E-state index contributed by atoms with van der Waals surface area (Å²) in [5, 5.41) is 0. The third kappa shape index (κ3) is 6.73. The van der Waals surface area contributed by atoms with E-state index in [9.17, 15) is 0 Å². The molecule has 236 valence electrons. The fraction of sp³-hybridized carbons (Fsp3) is 0.217. The highest BCUT2D eigenvalue weighted by Crippen LogP contribution is 2.57. The van der Waals surface area contributed by atoms with Crippen molar-refractivity contribution in [2.24, 2.45) is 0 Å². The fourth-order valence-electron chi connectivity index (χ4n) is 7.80. The van der Waals surface area contributed by atoms with Crippen LogP contribution in [-0.2, 0) is 15.9 Å². The van der Waals surface area contributed by atoms with E-state index in [4.69, 9.17) is 4.74 Å². The first-order valence-electron chi connectivity index (χ1n) is 17.2. The molecule has 0 aliphatic carbocycles. The third-order valence-corrected chi connectivity index (χ3v) is 9.60. The van der Waals surface area contributed by atoms with Gasteiger partial charge in [0, 0.05) is 11.8 Å². The molecule has 0 spiro atoms. The number of rotatable bonds is 14. The van der Waals surface area contributed by atoms with E-state index < -0.39 is 11.2 Å². The Balaban J connectivity index is 1.73. The molecule has 0 amide bonds. The van der Waals surface area contributed by atoms with E-state index >= 15 is 0 Å². The Labute approximate surface area is 281 Å². The number of benzene rings is 6. The van der Waals surface area contributed by atoms with Crippen molar-refractivity contribution < 1.29 is 4.74 Å². The zero-order chi connectivity index (χ0) is 32.4. The van der Waals surface area contributed by atoms with Crippen molar-refractivity contribution in [1.29, 1.82) is 0 Å². The highest BCUT2D eigenvalue weighted by molar-refractivity contribution is 5.44. The maximum absolute atomic E-state index is 8.42. The van der Waals surface area contributed by atoms with Crippen LogP contribution in [-0.4, -0.2) is 0 Å². The average molecular weight is 615 g/mol. The van der Waals surface area contributed by atoms with E-state index in [-0.39, 0.29) is 11.8 Å². The second kappa shape index (κ2) is 15.2. The van der Waals surface area contributed by atoms with Gasteiger partial charge in [-0.3, -0.25) is 0 Å². The van der Waals surface area contributed by atoms with Crippen molar-refractivity contribution in [3.8, 4) is 0 Å². The molecular formula is C46H46O. The summed E-state index contributed by atoms with van der Waals surface area (Å²) in [6.07, 6.45) is 3.62.